The summed E-state index contributed by atoms with van der Waals surface area (Å²) in [5.74, 6) is 0.434. The topological polar surface area (TPSA) is 54.5 Å². The third-order valence-corrected chi connectivity index (χ3v) is 8.56. The molecule has 150 valence electrons. The molecule has 0 aliphatic carbocycles. The quantitative estimate of drug-likeness (QED) is 0.683. The van der Waals surface area contributed by atoms with Crippen LogP contribution in [0.1, 0.15) is 28.7 Å². The lowest BCUT2D eigenvalue weighted by molar-refractivity contribution is -0.116. The number of amides is 1. The van der Waals surface area contributed by atoms with Gasteiger partial charge < -0.3 is 4.90 Å². The Balaban J connectivity index is 1.85. The number of hydrogen-bond acceptors (Lipinski definition) is 4. The van der Waals surface area contributed by atoms with Crippen LogP contribution < -0.4 is 4.90 Å². The first-order valence-corrected chi connectivity index (χ1v) is 12.3. The van der Waals surface area contributed by atoms with E-state index in [1.165, 1.54) is 22.3 Å². The van der Waals surface area contributed by atoms with Crippen molar-refractivity contribution < 1.29 is 13.2 Å². The molecule has 1 fully saturated rings. The van der Waals surface area contributed by atoms with Gasteiger partial charge in [-0.25, -0.2) is 8.42 Å². The van der Waals surface area contributed by atoms with Crippen molar-refractivity contribution in [1.29, 1.82) is 0 Å². The van der Waals surface area contributed by atoms with E-state index >= 15 is 0 Å². The molecule has 0 bridgehead atoms. The van der Waals surface area contributed by atoms with E-state index in [4.69, 9.17) is 0 Å². The first kappa shape index (κ1) is 20.9. The summed E-state index contributed by atoms with van der Waals surface area (Å²) in [5, 5.41) is 0. The van der Waals surface area contributed by atoms with Gasteiger partial charge in [-0.1, -0.05) is 24.3 Å². The predicted octanol–water partition coefficient (Wildman–Crippen LogP) is 4.23. The Kier molecular flexibility index (Phi) is 6.20. The number of carbonyl (C=O) groups is 1. The van der Waals surface area contributed by atoms with Crippen LogP contribution in [0.25, 0.3) is 0 Å². The number of hydrogen-bond donors (Lipinski definition) is 0. The Labute approximate surface area is 172 Å². The number of nitrogens with zero attached hydrogens (tertiary/aromatic N) is 1. The van der Waals surface area contributed by atoms with Gasteiger partial charge in [0.2, 0.25) is 5.91 Å². The lowest BCUT2D eigenvalue weighted by Crippen LogP contribution is -2.42. The number of anilines is 1. The monoisotopic (exact) mass is 417 g/mol. The van der Waals surface area contributed by atoms with Gasteiger partial charge in [0.1, 0.15) is 0 Å². The van der Waals surface area contributed by atoms with Crippen LogP contribution in [0.5, 0.6) is 0 Å². The van der Waals surface area contributed by atoms with Gasteiger partial charge in [0.25, 0.3) is 0 Å². The average molecular weight is 418 g/mol. The molecule has 0 aromatic heterocycles. The molecule has 1 atom stereocenters. The molecule has 1 aliphatic heterocycles. The highest BCUT2D eigenvalue weighted by molar-refractivity contribution is 8.00. The number of thioether (sulfide) groups is 1. The summed E-state index contributed by atoms with van der Waals surface area (Å²) >= 11 is 1.55. The highest BCUT2D eigenvalue weighted by atomic mass is 32.2. The van der Waals surface area contributed by atoms with Gasteiger partial charge in [-0.05, 0) is 68.5 Å². The Bertz CT molecular complexity index is 958. The van der Waals surface area contributed by atoms with Gasteiger partial charge in [0.15, 0.2) is 9.84 Å². The minimum absolute atomic E-state index is 0.0416. The van der Waals surface area contributed by atoms with Crippen LogP contribution in [0.2, 0.25) is 0 Å². The second kappa shape index (κ2) is 8.29. The maximum absolute atomic E-state index is 13.2. The van der Waals surface area contributed by atoms with Gasteiger partial charge in [0, 0.05) is 10.6 Å². The summed E-state index contributed by atoms with van der Waals surface area (Å²) in [5.41, 5.74) is 5.62. The van der Waals surface area contributed by atoms with Crippen LogP contribution in [0, 0.1) is 27.7 Å². The van der Waals surface area contributed by atoms with E-state index in [1.54, 1.807) is 16.7 Å². The summed E-state index contributed by atoms with van der Waals surface area (Å²) in [4.78, 5) is 16.1. The summed E-state index contributed by atoms with van der Waals surface area (Å²) in [6, 6.07) is 11.3. The van der Waals surface area contributed by atoms with E-state index in [2.05, 4.69) is 33.8 Å². The molecular weight excluding hydrogens is 390 g/mol. The van der Waals surface area contributed by atoms with Crippen molar-refractivity contribution in [3.8, 4) is 0 Å². The fourth-order valence-electron chi connectivity index (χ4n) is 3.73. The lowest BCUT2D eigenvalue weighted by atomic mass is 10.0. The molecule has 0 N–H and O–H groups in total. The molecule has 1 amide bonds. The molecule has 1 heterocycles. The molecule has 0 radical (unpaired) electrons. The van der Waals surface area contributed by atoms with Gasteiger partial charge in [-0.2, -0.15) is 0 Å². The Morgan fingerprint density at radius 3 is 2.21 bits per heavy atom. The van der Waals surface area contributed by atoms with Crippen LogP contribution in [0.4, 0.5) is 5.69 Å². The SMILES string of the molecule is Cc1cc(C)c(C)c(SCC(=O)N(c2ccccc2)[C@H]2CCS(=O)(=O)C2)c1C. The Morgan fingerprint density at radius 1 is 1.07 bits per heavy atom. The van der Waals surface area contributed by atoms with Crippen molar-refractivity contribution in [2.75, 3.05) is 22.2 Å². The predicted molar refractivity (Wildman–Crippen MR) is 117 cm³/mol. The lowest BCUT2D eigenvalue weighted by Gasteiger charge is -2.28. The van der Waals surface area contributed by atoms with E-state index in [1.807, 2.05) is 30.3 Å². The third kappa shape index (κ3) is 4.44. The molecule has 2 aromatic rings. The number of sulfone groups is 1. The second-order valence-corrected chi connectivity index (χ2v) is 10.7. The molecule has 1 saturated heterocycles. The maximum Gasteiger partial charge on any atom is 0.237 e. The minimum atomic E-state index is -3.07. The molecule has 0 spiro atoms. The normalized spacial score (nSPS) is 18.2. The van der Waals surface area contributed by atoms with Gasteiger partial charge >= 0.3 is 0 Å². The number of benzene rings is 2. The van der Waals surface area contributed by atoms with Crippen molar-refractivity contribution in [3.05, 3.63) is 58.7 Å². The van der Waals surface area contributed by atoms with Crippen LogP contribution in [0.3, 0.4) is 0 Å². The Morgan fingerprint density at radius 2 is 1.68 bits per heavy atom. The van der Waals surface area contributed by atoms with Crippen molar-refractivity contribution in [3.63, 3.8) is 0 Å². The first-order valence-electron chi connectivity index (χ1n) is 9.47. The van der Waals surface area contributed by atoms with Crippen LogP contribution in [-0.4, -0.2) is 37.6 Å². The summed E-state index contributed by atoms with van der Waals surface area (Å²) in [6.07, 6.45) is 0.495. The Hall–Kier alpha value is -1.79. The highest BCUT2D eigenvalue weighted by Gasteiger charge is 2.35. The molecule has 3 rings (SSSR count). The van der Waals surface area contributed by atoms with Crippen molar-refractivity contribution in [2.24, 2.45) is 0 Å². The zero-order valence-corrected chi connectivity index (χ0v) is 18.5. The van der Waals surface area contributed by atoms with E-state index in [0.29, 0.717) is 6.42 Å². The average Bonchev–Trinajstić information content (AvgIpc) is 3.00. The third-order valence-electron chi connectivity index (χ3n) is 5.51. The molecule has 0 unspecified atom stereocenters. The standard InChI is InChI=1S/C22H27NO3S2/c1-15-12-16(2)18(4)22(17(15)3)27-13-21(24)23(19-8-6-5-7-9-19)20-10-11-28(25,26)14-20/h5-9,12,20H,10-11,13-14H2,1-4H3/t20-/m0/s1. The van der Waals surface area contributed by atoms with E-state index < -0.39 is 9.84 Å². The van der Waals surface area contributed by atoms with Crippen LogP contribution in [-0.2, 0) is 14.6 Å². The van der Waals surface area contributed by atoms with E-state index in [9.17, 15) is 13.2 Å². The molecule has 2 aromatic carbocycles. The summed E-state index contributed by atoms with van der Waals surface area (Å²) in [7, 11) is -3.07. The van der Waals surface area contributed by atoms with Gasteiger partial charge in [0.05, 0.1) is 23.3 Å². The maximum atomic E-state index is 13.2. The molecule has 1 aliphatic rings. The fraction of sp³-hybridized carbons (Fsp3) is 0.409. The van der Waals surface area contributed by atoms with Crippen molar-refractivity contribution >= 4 is 33.2 Å². The molecule has 28 heavy (non-hydrogen) atoms. The van der Waals surface area contributed by atoms with Crippen molar-refractivity contribution in [1.82, 2.24) is 0 Å². The fourth-order valence-corrected chi connectivity index (χ4v) is 6.59. The summed E-state index contributed by atoms with van der Waals surface area (Å²) in [6.45, 7) is 8.36. The zero-order valence-electron chi connectivity index (χ0n) is 16.9. The molecular formula is C22H27NO3S2. The smallest absolute Gasteiger partial charge is 0.237 e. The molecule has 6 heteroatoms. The number of aryl methyl sites for hydroxylation is 2. The number of rotatable bonds is 5. The zero-order chi connectivity index (χ0) is 20.5. The largest absolute Gasteiger partial charge is 0.308 e. The highest BCUT2D eigenvalue weighted by Crippen LogP contribution is 2.32. The molecule has 0 saturated carbocycles. The van der Waals surface area contributed by atoms with Crippen molar-refractivity contribution in [2.45, 2.75) is 45.1 Å². The summed E-state index contributed by atoms with van der Waals surface area (Å²) < 4.78 is 24.0. The first-order chi connectivity index (χ1) is 13.2. The number of para-hydroxylation sites is 1. The van der Waals surface area contributed by atoms with Crippen LogP contribution >= 0.6 is 11.8 Å². The second-order valence-electron chi connectivity index (χ2n) is 7.53. The molecule has 4 nitrogen and oxygen atoms in total. The minimum Gasteiger partial charge on any atom is -0.308 e. The van der Waals surface area contributed by atoms with Crippen LogP contribution in [0.15, 0.2) is 41.3 Å². The van der Waals surface area contributed by atoms with Gasteiger partial charge in [-0.15, -0.1) is 11.8 Å². The van der Waals surface area contributed by atoms with Gasteiger partial charge in [-0.3, -0.25) is 4.79 Å². The number of carbonyl (C=O) groups excluding carboxylic acids is 1. The van der Waals surface area contributed by atoms with E-state index in [-0.39, 0.29) is 29.2 Å². The van der Waals surface area contributed by atoms with E-state index in [0.717, 1.165) is 10.6 Å².